The van der Waals surface area contributed by atoms with Crippen LogP contribution in [0.15, 0.2) is 12.1 Å². The van der Waals surface area contributed by atoms with E-state index in [1.54, 1.807) is 13.8 Å². The third-order valence-corrected chi connectivity index (χ3v) is 4.36. The molecule has 2 heterocycles. The van der Waals surface area contributed by atoms with Gasteiger partial charge < -0.3 is 9.64 Å². The second-order valence-electron chi connectivity index (χ2n) is 5.20. The van der Waals surface area contributed by atoms with Crippen molar-refractivity contribution in [2.75, 3.05) is 18.1 Å². The SMILES string of the molecule is CCOc1ccc([N+](=O)[O-])c(N(CC)Cc2sc(C)nc2C(F)(F)F)n1. The van der Waals surface area contributed by atoms with Gasteiger partial charge in [-0.3, -0.25) is 10.1 Å². The van der Waals surface area contributed by atoms with E-state index in [4.69, 9.17) is 4.74 Å². The normalized spacial score (nSPS) is 11.5. The quantitative estimate of drug-likeness (QED) is 0.521. The van der Waals surface area contributed by atoms with E-state index in [1.165, 1.54) is 24.0 Å². The Morgan fingerprint density at radius 1 is 1.31 bits per heavy atom. The first-order chi connectivity index (χ1) is 12.2. The predicted molar refractivity (Wildman–Crippen MR) is 90.6 cm³/mol. The van der Waals surface area contributed by atoms with Gasteiger partial charge >= 0.3 is 11.9 Å². The summed E-state index contributed by atoms with van der Waals surface area (Å²) in [5.41, 5.74) is -1.27. The molecule has 0 saturated carbocycles. The van der Waals surface area contributed by atoms with Crippen LogP contribution in [-0.2, 0) is 12.7 Å². The summed E-state index contributed by atoms with van der Waals surface area (Å²) >= 11 is 0.907. The van der Waals surface area contributed by atoms with Crippen molar-refractivity contribution in [2.24, 2.45) is 0 Å². The molecule has 0 amide bonds. The Balaban J connectivity index is 2.46. The van der Waals surface area contributed by atoms with Crippen molar-refractivity contribution in [3.8, 4) is 5.88 Å². The van der Waals surface area contributed by atoms with Crippen LogP contribution in [0, 0.1) is 17.0 Å². The lowest BCUT2D eigenvalue weighted by Gasteiger charge is -2.22. The van der Waals surface area contributed by atoms with Crippen molar-refractivity contribution in [2.45, 2.75) is 33.5 Å². The highest BCUT2D eigenvalue weighted by Crippen LogP contribution is 2.36. The number of aromatic nitrogens is 2. The van der Waals surface area contributed by atoms with Gasteiger partial charge in [0.15, 0.2) is 5.69 Å². The molecule has 142 valence electrons. The summed E-state index contributed by atoms with van der Waals surface area (Å²) in [5, 5.41) is 11.6. The highest BCUT2D eigenvalue weighted by atomic mass is 32.1. The number of ether oxygens (including phenoxy) is 1. The lowest BCUT2D eigenvalue weighted by molar-refractivity contribution is -0.384. The number of alkyl halides is 3. The number of nitro groups is 1. The number of aryl methyl sites for hydroxylation is 1. The molecule has 2 rings (SSSR count). The summed E-state index contributed by atoms with van der Waals surface area (Å²) in [6.45, 7) is 5.23. The van der Waals surface area contributed by atoms with E-state index in [1.807, 2.05) is 0 Å². The second-order valence-corrected chi connectivity index (χ2v) is 6.49. The lowest BCUT2D eigenvalue weighted by atomic mass is 10.3. The topological polar surface area (TPSA) is 81.4 Å². The molecule has 0 N–H and O–H groups in total. The van der Waals surface area contributed by atoms with Gasteiger partial charge in [-0.1, -0.05) is 0 Å². The molecular weight excluding hydrogens is 373 g/mol. The molecule has 0 bridgehead atoms. The largest absolute Gasteiger partial charge is 0.478 e. The summed E-state index contributed by atoms with van der Waals surface area (Å²) in [6, 6.07) is 2.59. The van der Waals surface area contributed by atoms with Crippen molar-refractivity contribution in [3.05, 3.63) is 37.8 Å². The fraction of sp³-hybridized carbons (Fsp3) is 0.467. The van der Waals surface area contributed by atoms with E-state index in [0.717, 1.165) is 11.3 Å². The molecule has 2 aromatic heterocycles. The molecule has 0 atom stereocenters. The van der Waals surface area contributed by atoms with Crippen LogP contribution in [0.5, 0.6) is 5.88 Å². The summed E-state index contributed by atoms with van der Waals surface area (Å²) in [5.74, 6) is 0.130. The van der Waals surface area contributed by atoms with Crippen molar-refractivity contribution in [1.29, 1.82) is 0 Å². The van der Waals surface area contributed by atoms with Gasteiger partial charge in [0.1, 0.15) is 0 Å². The van der Waals surface area contributed by atoms with Gasteiger partial charge in [-0.2, -0.15) is 18.2 Å². The molecule has 0 radical (unpaired) electrons. The predicted octanol–water partition coefficient (Wildman–Crippen LogP) is 4.20. The Morgan fingerprint density at radius 3 is 2.54 bits per heavy atom. The van der Waals surface area contributed by atoms with E-state index in [0.29, 0.717) is 6.61 Å². The van der Waals surface area contributed by atoms with E-state index < -0.39 is 16.8 Å². The van der Waals surface area contributed by atoms with Crippen molar-refractivity contribution in [1.82, 2.24) is 9.97 Å². The maximum Gasteiger partial charge on any atom is 0.434 e. The first kappa shape index (κ1) is 19.9. The minimum absolute atomic E-state index is 0.0187. The third-order valence-electron chi connectivity index (χ3n) is 3.41. The first-order valence-electron chi connectivity index (χ1n) is 7.74. The Kier molecular flexibility index (Phi) is 6.01. The van der Waals surface area contributed by atoms with Crippen LogP contribution in [0.1, 0.15) is 29.4 Å². The Morgan fingerprint density at radius 2 is 2.00 bits per heavy atom. The lowest BCUT2D eigenvalue weighted by Crippen LogP contribution is -2.25. The molecule has 2 aromatic rings. The van der Waals surface area contributed by atoms with Gasteiger partial charge in [-0.15, -0.1) is 11.3 Å². The Labute approximate surface area is 151 Å². The molecule has 0 aliphatic rings. The minimum Gasteiger partial charge on any atom is -0.478 e. The number of pyridine rings is 1. The molecule has 0 unspecified atom stereocenters. The maximum atomic E-state index is 13.2. The number of hydrogen-bond donors (Lipinski definition) is 0. The van der Waals surface area contributed by atoms with Crippen LogP contribution < -0.4 is 9.64 Å². The fourth-order valence-electron chi connectivity index (χ4n) is 2.33. The van der Waals surface area contributed by atoms with Crippen LogP contribution in [-0.4, -0.2) is 28.0 Å². The number of nitrogens with zero attached hydrogens (tertiary/aromatic N) is 4. The van der Waals surface area contributed by atoms with Gasteiger partial charge in [0.25, 0.3) is 0 Å². The van der Waals surface area contributed by atoms with Gasteiger partial charge in [-0.05, 0) is 20.8 Å². The monoisotopic (exact) mass is 390 g/mol. The average molecular weight is 390 g/mol. The molecule has 0 aliphatic carbocycles. The van der Waals surface area contributed by atoms with E-state index in [9.17, 15) is 23.3 Å². The molecular formula is C15H17F3N4O3S. The molecule has 0 saturated heterocycles. The zero-order valence-corrected chi connectivity index (χ0v) is 15.1. The van der Waals surface area contributed by atoms with Crippen LogP contribution in [0.3, 0.4) is 0 Å². The molecule has 0 fully saturated rings. The van der Waals surface area contributed by atoms with Crippen LogP contribution in [0.25, 0.3) is 0 Å². The standard InChI is InChI=1S/C15H17F3N4O3S/c1-4-21(8-11-13(15(16,17)18)19-9(3)26-11)14-10(22(23)24)6-7-12(20-14)25-5-2/h6-7H,4-5,8H2,1-3H3. The number of rotatable bonds is 7. The van der Waals surface area contributed by atoms with Crippen LogP contribution >= 0.6 is 11.3 Å². The third kappa shape index (κ3) is 4.40. The minimum atomic E-state index is -4.59. The first-order valence-corrected chi connectivity index (χ1v) is 8.55. The smallest absolute Gasteiger partial charge is 0.434 e. The van der Waals surface area contributed by atoms with E-state index >= 15 is 0 Å². The van der Waals surface area contributed by atoms with E-state index in [-0.39, 0.29) is 40.4 Å². The molecule has 0 aromatic carbocycles. The average Bonchev–Trinajstić information content (AvgIpc) is 2.93. The molecule has 7 nitrogen and oxygen atoms in total. The molecule has 26 heavy (non-hydrogen) atoms. The molecule has 0 aliphatic heterocycles. The Bertz CT molecular complexity index is 795. The summed E-state index contributed by atoms with van der Waals surface area (Å²) in [6.07, 6.45) is -4.59. The number of thiazole rings is 1. The number of anilines is 1. The van der Waals surface area contributed by atoms with Crippen molar-refractivity contribution >= 4 is 22.8 Å². The number of hydrogen-bond acceptors (Lipinski definition) is 7. The number of halogens is 3. The van der Waals surface area contributed by atoms with Gasteiger partial charge in [0.2, 0.25) is 11.7 Å². The zero-order chi connectivity index (χ0) is 19.5. The van der Waals surface area contributed by atoms with Gasteiger partial charge in [-0.25, -0.2) is 4.98 Å². The fourth-order valence-corrected chi connectivity index (χ4v) is 3.31. The summed E-state index contributed by atoms with van der Waals surface area (Å²) in [7, 11) is 0. The highest BCUT2D eigenvalue weighted by molar-refractivity contribution is 7.11. The Hall–Kier alpha value is -2.43. The molecule has 0 spiro atoms. The van der Waals surface area contributed by atoms with Crippen molar-refractivity contribution < 1.29 is 22.8 Å². The summed E-state index contributed by atoms with van der Waals surface area (Å²) < 4.78 is 44.8. The van der Waals surface area contributed by atoms with Crippen LogP contribution in [0.2, 0.25) is 0 Å². The maximum absolute atomic E-state index is 13.2. The second kappa shape index (κ2) is 7.85. The zero-order valence-electron chi connectivity index (χ0n) is 14.3. The summed E-state index contributed by atoms with van der Waals surface area (Å²) in [4.78, 5) is 19.7. The highest BCUT2D eigenvalue weighted by Gasteiger charge is 2.37. The van der Waals surface area contributed by atoms with Gasteiger partial charge in [0, 0.05) is 18.7 Å². The van der Waals surface area contributed by atoms with E-state index in [2.05, 4.69) is 9.97 Å². The van der Waals surface area contributed by atoms with Gasteiger partial charge in [0.05, 0.1) is 28.0 Å². The van der Waals surface area contributed by atoms with Crippen LogP contribution in [0.4, 0.5) is 24.7 Å². The molecule has 11 heteroatoms. The van der Waals surface area contributed by atoms with Crippen molar-refractivity contribution in [3.63, 3.8) is 0 Å².